The fourth-order valence-corrected chi connectivity index (χ4v) is 3.18. The van der Waals surface area contributed by atoms with Crippen molar-refractivity contribution in [3.05, 3.63) is 39.2 Å². The standard InChI is InChI=1S/C16H21FN2O3/c1-3-7-18(16(20)4-2)13-6-5-11-8-12(17)9-15(19(21)22)14(11)10-13/h8-9,13H,3-7,10H2,1-2H3. The molecule has 0 radical (unpaired) electrons. The number of amides is 1. The summed E-state index contributed by atoms with van der Waals surface area (Å²) in [5.41, 5.74) is 1.11. The summed E-state index contributed by atoms with van der Waals surface area (Å²) < 4.78 is 13.5. The van der Waals surface area contributed by atoms with Gasteiger partial charge < -0.3 is 4.90 Å². The van der Waals surface area contributed by atoms with Crippen LogP contribution in [0.1, 0.15) is 44.2 Å². The molecule has 0 bridgehead atoms. The third kappa shape index (κ3) is 3.26. The predicted molar refractivity (Wildman–Crippen MR) is 81.2 cm³/mol. The molecule has 1 amide bonds. The Balaban J connectivity index is 2.33. The second-order valence-corrected chi connectivity index (χ2v) is 5.66. The summed E-state index contributed by atoms with van der Waals surface area (Å²) in [4.78, 5) is 24.6. The van der Waals surface area contributed by atoms with Gasteiger partial charge in [0.25, 0.3) is 5.69 Å². The van der Waals surface area contributed by atoms with E-state index in [1.54, 1.807) is 0 Å². The Hall–Kier alpha value is -1.98. The number of hydrogen-bond donors (Lipinski definition) is 0. The van der Waals surface area contributed by atoms with Gasteiger partial charge in [0.1, 0.15) is 5.82 Å². The molecule has 0 aliphatic heterocycles. The van der Waals surface area contributed by atoms with Crippen LogP contribution in [-0.2, 0) is 17.6 Å². The quantitative estimate of drug-likeness (QED) is 0.619. The van der Waals surface area contributed by atoms with Crippen LogP contribution in [0.15, 0.2) is 12.1 Å². The number of rotatable bonds is 5. The third-order valence-electron chi connectivity index (χ3n) is 4.19. The molecule has 1 aromatic rings. The van der Waals surface area contributed by atoms with Crippen molar-refractivity contribution in [1.82, 2.24) is 4.90 Å². The van der Waals surface area contributed by atoms with Crippen molar-refractivity contribution in [2.45, 2.75) is 52.0 Å². The summed E-state index contributed by atoms with van der Waals surface area (Å²) in [5.74, 6) is -0.501. The zero-order chi connectivity index (χ0) is 16.3. The fraction of sp³-hybridized carbons (Fsp3) is 0.562. The molecule has 22 heavy (non-hydrogen) atoms. The second kappa shape index (κ2) is 6.85. The Morgan fingerprint density at radius 2 is 2.18 bits per heavy atom. The summed E-state index contributed by atoms with van der Waals surface area (Å²) in [6, 6.07) is 2.32. The first-order valence-corrected chi connectivity index (χ1v) is 7.73. The van der Waals surface area contributed by atoms with Gasteiger partial charge in [0.2, 0.25) is 5.91 Å². The zero-order valence-electron chi connectivity index (χ0n) is 13.0. The maximum atomic E-state index is 13.5. The largest absolute Gasteiger partial charge is 0.339 e. The highest BCUT2D eigenvalue weighted by Gasteiger charge is 2.31. The van der Waals surface area contributed by atoms with Crippen molar-refractivity contribution < 1.29 is 14.1 Å². The van der Waals surface area contributed by atoms with E-state index in [9.17, 15) is 19.3 Å². The van der Waals surface area contributed by atoms with E-state index in [0.29, 0.717) is 36.9 Å². The Labute approximate surface area is 129 Å². The molecule has 6 heteroatoms. The summed E-state index contributed by atoms with van der Waals surface area (Å²) in [6.07, 6.45) is 2.99. The molecule has 0 aromatic heterocycles. The molecule has 0 spiro atoms. The fourth-order valence-electron chi connectivity index (χ4n) is 3.18. The number of aryl methyl sites for hydroxylation is 1. The summed E-state index contributed by atoms with van der Waals surface area (Å²) in [5, 5.41) is 11.2. The maximum absolute atomic E-state index is 13.5. The summed E-state index contributed by atoms with van der Waals surface area (Å²) in [7, 11) is 0. The number of nitrogens with zero attached hydrogens (tertiary/aromatic N) is 2. The lowest BCUT2D eigenvalue weighted by molar-refractivity contribution is -0.385. The Kier molecular flexibility index (Phi) is 5.11. The summed E-state index contributed by atoms with van der Waals surface area (Å²) >= 11 is 0. The predicted octanol–water partition coefficient (Wildman–Crippen LogP) is 3.24. The highest BCUT2D eigenvalue weighted by molar-refractivity contribution is 5.76. The highest BCUT2D eigenvalue weighted by Crippen LogP contribution is 2.32. The number of fused-ring (bicyclic) bond motifs is 1. The Morgan fingerprint density at radius 3 is 2.77 bits per heavy atom. The van der Waals surface area contributed by atoms with Crippen molar-refractivity contribution in [3.63, 3.8) is 0 Å². The van der Waals surface area contributed by atoms with Gasteiger partial charge in [-0.25, -0.2) is 4.39 Å². The topological polar surface area (TPSA) is 63.5 Å². The van der Waals surface area contributed by atoms with E-state index in [1.165, 1.54) is 6.07 Å². The smallest absolute Gasteiger partial charge is 0.275 e. The first-order valence-electron chi connectivity index (χ1n) is 7.73. The normalized spacial score (nSPS) is 17.0. The van der Waals surface area contributed by atoms with Crippen LogP contribution in [0.4, 0.5) is 10.1 Å². The minimum absolute atomic E-state index is 0.0379. The van der Waals surface area contributed by atoms with Gasteiger partial charge in [0, 0.05) is 24.6 Å². The zero-order valence-corrected chi connectivity index (χ0v) is 13.0. The molecule has 0 fully saturated rings. The van der Waals surface area contributed by atoms with Crippen LogP contribution in [0.25, 0.3) is 0 Å². The average molecular weight is 308 g/mol. The molecule has 5 nitrogen and oxygen atoms in total. The number of carbonyl (C=O) groups excluding carboxylic acids is 1. The first kappa shape index (κ1) is 16.4. The van der Waals surface area contributed by atoms with Crippen molar-refractivity contribution in [2.24, 2.45) is 0 Å². The van der Waals surface area contributed by atoms with Gasteiger partial charge in [0.15, 0.2) is 0 Å². The molecule has 0 N–H and O–H groups in total. The monoisotopic (exact) mass is 308 g/mol. The molecular weight excluding hydrogens is 287 g/mol. The van der Waals surface area contributed by atoms with Crippen molar-refractivity contribution in [2.75, 3.05) is 6.54 Å². The number of benzene rings is 1. The summed E-state index contributed by atoms with van der Waals surface area (Å²) in [6.45, 7) is 4.48. The highest BCUT2D eigenvalue weighted by atomic mass is 19.1. The lowest BCUT2D eigenvalue weighted by atomic mass is 9.86. The van der Waals surface area contributed by atoms with Gasteiger partial charge in [-0.15, -0.1) is 0 Å². The van der Waals surface area contributed by atoms with Gasteiger partial charge in [-0.3, -0.25) is 14.9 Å². The number of nitro groups is 1. The number of halogens is 1. The van der Waals surface area contributed by atoms with Crippen LogP contribution in [0.5, 0.6) is 0 Å². The SMILES string of the molecule is CCCN(C(=O)CC)C1CCc2cc(F)cc([N+](=O)[O-])c2C1. The number of hydrogen-bond acceptors (Lipinski definition) is 3. The van der Waals surface area contributed by atoms with E-state index in [1.807, 2.05) is 18.7 Å². The van der Waals surface area contributed by atoms with Crippen LogP contribution in [0, 0.1) is 15.9 Å². The van der Waals surface area contributed by atoms with Gasteiger partial charge in [-0.1, -0.05) is 13.8 Å². The molecule has 2 rings (SSSR count). The lowest BCUT2D eigenvalue weighted by Crippen LogP contribution is -2.43. The molecule has 0 saturated carbocycles. The van der Waals surface area contributed by atoms with E-state index in [-0.39, 0.29) is 17.6 Å². The van der Waals surface area contributed by atoms with Gasteiger partial charge >= 0.3 is 0 Å². The van der Waals surface area contributed by atoms with E-state index in [4.69, 9.17) is 0 Å². The Bertz CT molecular complexity index is 589. The molecular formula is C16H21FN2O3. The van der Waals surface area contributed by atoms with E-state index in [2.05, 4.69) is 0 Å². The minimum atomic E-state index is -0.570. The first-order chi connectivity index (χ1) is 10.5. The molecule has 1 aliphatic carbocycles. The third-order valence-corrected chi connectivity index (χ3v) is 4.19. The lowest BCUT2D eigenvalue weighted by Gasteiger charge is -2.35. The van der Waals surface area contributed by atoms with Gasteiger partial charge in [0.05, 0.1) is 11.0 Å². The van der Waals surface area contributed by atoms with E-state index in [0.717, 1.165) is 18.9 Å². The number of carbonyl (C=O) groups is 1. The van der Waals surface area contributed by atoms with Crippen molar-refractivity contribution >= 4 is 11.6 Å². The van der Waals surface area contributed by atoms with Crippen LogP contribution >= 0.6 is 0 Å². The molecule has 1 atom stereocenters. The van der Waals surface area contributed by atoms with E-state index < -0.39 is 10.7 Å². The van der Waals surface area contributed by atoms with Gasteiger partial charge in [-0.05, 0) is 37.3 Å². The minimum Gasteiger partial charge on any atom is -0.339 e. The van der Waals surface area contributed by atoms with Crippen LogP contribution in [0.3, 0.4) is 0 Å². The molecule has 120 valence electrons. The number of nitro benzene ring substituents is 1. The molecule has 1 aromatic carbocycles. The van der Waals surface area contributed by atoms with Crippen LogP contribution in [-0.4, -0.2) is 28.3 Å². The average Bonchev–Trinajstić information content (AvgIpc) is 2.50. The molecule has 0 saturated heterocycles. The second-order valence-electron chi connectivity index (χ2n) is 5.66. The van der Waals surface area contributed by atoms with Crippen LogP contribution < -0.4 is 0 Å². The maximum Gasteiger partial charge on any atom is 0.275 e. The van der Waals surface area contributed by atoms with Crippen LogP contribution in [0.2, 0.25) is 0 Å². The van der Waals surface area contributed by atoms with Crippen molar-refractivity contribution in [3.8, 4) is 0 Å². The van der Waals surface area contributed by atoms with Crippen molar-refractivity contribution in [1.29, 1.82) is 0 Å². The van der Waals surface area contributed by atoms with Gasteiger partial charge in [-0.2, -0.15) is 0 Å². The molecule has 1 aliphatic rings. The van der Waals surface area contributed by atoms with E-state index >= 15 is 0 Å². The Morgan fingerprint density at radius 1 is 1.45 bits per heavy atom. The molecule has 0 heterocycles. The molecule has 1 unspecified atom stereocenters.